The number of carboxylic acids is 1. The molecule has 0 saturated heterocycles. The molecule has 3 aromatic rings. The number of hydrogen-bond donors (Lipinski definition) is 4. The second-order valence-corrected chi connectivity index (χ2v) is 9.26. The van der Waals surface area contributed by atoms with Crippen molar-refractivity contribution in [2.24, 2.45) is 5.73 Å². The number of carbonyl (C=O) groups is 3. The van der Waals surface area contributed by atoms with E-state index in [4.69, 9.17) is 21.8 Å². The van der Waals surface area contributed by atoms with Crippen LogP contribution in [-0.2, 0) is 16.0 Å². The van der Waals surface area contributed by atoms with Crippen molar-refractivity contribution in [1.82, 2.24) is 15.6 Å². The van der Waals surface area contributed by atoms with Gasteiger partial charge in [0.2, 0.25) is 5.91 Å². The molecule has 0 bridgehead atoms. The Hall–Kier alpha value is -3.76. The van der Waals surface area contributed by atoms with E-state index in [2.05, 4.69) is 15.6 Å². The van der Waals surface area contributed by atoms with Crippen LogP contribution >= 0.6 is 11.6 Å². The topological polar surface area (TPSA) is 148 Å². The number of oxazole rings is 1. The number of aliphatic carboxylic acids is 1. The first-order valence-corrected chi connectivity index (χ1v) is 12.0. The highest BCUT2D eigenvalue weighted by Gasteiger charge is 2.27. The van der Waals surface area contributed by atoms with Crippen molar-refractivity contribution >= 4 is 29.4 Å². The fraction of sp³-hybridized carbons (Fsp3) is 0.308. The molecule has 2 amide bonds. The molecule has 0 saturated carbocycles. The first kappa shape index (κ1) is 27.8. The number of nitrogens with zero attached hydrogens (tertiary/aromatic N) is 1. The summed E-state index contributed by atoms with van der Waals surface area (Å²) < 4.78 is 19.5. The van der Waals surface area contributed by atoms with Crippen LogP contribution in [0, 0.1) is 5.82 Å². The van der Waals surface area contributed by atoms with Gasteiger partial charge >= 0.3 is 11.9 Å². The molecule has 3 rings (SSSR count). The molecule has 2 unspecified atom stereocenters. The summed E-state index contributed by atoms with van der Waals surface area (Å²) in [4.78, 5) is 40.6. The van der Waals surface area contributed by atoms with Crippen LogP contribution in [0.3, 0.4) is 0 Å². The van der Waals surface area contributed by atoms with Gasteiger partial charge in [0.25, 0.3) is 5.89 Å². The predicted molar refractivity (Wildman–Crippen MR) is 136 cm³/mol. The number of aromatic nitrogens is 1. The molecular weight excluding hydrogens is 503 g/mol. The van der Waals surface area contributed by atoms with E-state index in [1.54, 1.807) is 24.3 Å². The fourth-order valence-electron chi connectivity index (χ4n) is 3.68. The second-order valence-electron chi connectivity index (χ2n) is 8.83. The number of nitrogens with two attached hydrogens (primary N) is 1. The zero-order valence-corrected chi connectivity index (χ0v) is 21.1. The monoisotopic (exact) mass is 530 g/mol. The number of nitrogens with one attached hydrogen (secondary N) is 2. The van der Waals surface area contributed by atoms with Gasteiger partial charge in [-0.2, -0.15) is 0 Å². The largest absolute Gasteiger partial charge is 0.480 e. The van der Waals surface area contributed by atoms with Gasteiger partial charge in [-0.05, 0) is 48.1 Å². The minimum atomic E-state index is -1.29. The van der Waals surface area contributed by atoms with Crippen LogP contribution in [0.25, 0.3) is 11.1 Å². The van der Waals surface area contributed by atoms with Gasteiger partial charge in [0.15, 0.2) is 0 Å². The van der Waals surface area contributed by atoms with Crippen molar-refractivity contribution in [1.29, 1.82) is 0 Å². The fourth-order valence-corrected chi connectivity index (χ4v) is 3.85. The van der Waals surface area contributed by atoms with Crippen LogP contribution in [0.5, 0.6) is 0 Å². The van der Waals surface area contributed by atoms with Crippen molar-refractivity contribution in [3.05, 3.63) is 76.7 Å². The molecule has 196 valence electrons. The highest BCUT2D eigenvalue weighted by Crippen LogP contribution is 2.26. The number of rotatable bonds is 11. The van der Waals surface area contributed by atoms with E-state index in [-0.39, 0.29) is 31.2 Å². The third-order valence-electron chi connectivity index (χ3n) is 5.66. The van der Waals surface area contributed by atoms with E-state index in [0.29, 0.717) is 21.8 Å². The maximum atomic E-state index is 14.3. The Morgan fingerprint density at radius 1 is 1.14 bits per heavy atom. The zero-order valence-electron chi connectivity index (χ0n) is 20.3. The van der Waals surface area contributed by atoms with Gasteiger partial charge in [-0.3, -0.25) is 9.59 Å². The average molecular weight is 531 g/mol. The lowest BCUT2D eigenvalue weighted by molar-refractivity contribution is -0.142. The molecule has 5 N–H and O–H groups in total. The van der Waals surface area contributed by atoms with E-state index in [0.717, 1.165) is 5.56 Å². The van der Waals surface area contributed by atoms with Crippen molar-refractivity contribution in [2.45, 2.75) is 44.7 Å². The van der Waals surface area contributed by atoms with Gasteiger partial charge in [-0.1, -0.05) is 49.7 Å². The predicted octanol–water partition coefficient (Wildman–Crippen LogP) is 3.52. The molecule has 0 aliphatic carbocycles. The molecule has 0 aliphatic heterocycles. The van der Waals surface area contributed by atoms with Crippen LogP contribution in [0.4, 0.5) is 4.39 Å². The molecule has 11 heteroatoms. The zero-order chi connectivity index (χ0) is 27.1. The SMILES string of the molecule is CC(C)c1coc(C(=O)NC(Cc2ccc(-c3cc(Cl)ccc3F)cc2)CC(NC(=O)CN)C(=O)O)n1. The van der Waals surface area contributed by atoms with E-state index in [1.807, 2.05) is 13.8 Å². The van der Waals surface area contributed by atoms with Crippen LogP contribution in [0.2, 0.25) is 5.02 Å². The highest BCUT2D eigenvalue weighted by molar-refractivity contribution is 6.30. The lowest BCUT2D eigenvalue weighted by Crippen LogP contribution is -2.48. The van der Waals surface area contributed by atoms with Crippen LogP contribution in [-0.4, -0.2) is 46.5 Å². The van der Waals surface area contributed by atoms with Gasteiger partial charge in [0.1, 0.15) is 18.1 Å². The normalized spacial score (nSPS) is 12.7. The Balaban J connectivity index is 1.83. The minimum Gasteiger partial charge on any atom is -0.480 e. The summed E-state index contributed by atoms with van der Waals surface area (Å²) in [6.07, 6.45) is 1.48. The van der Waals surface area contributed by atoms with Crippen molar-refractivity contribution in [2.75, 3.05) is 6.54 Å². The number of benzene rings is 2. The van der Waals surface area contributed by atoms with Crippen molar-refractivity contribution in [3.8, 4) is 11.1 Å². The Kier molecular flexibility index (Phi) is 9.37. The minimum absolute atomic E-state index is 0.0480. The number of carboxylic acid groups (broad SMARTS) is 1. The van der Waals surface area contributed by atoms with Gasteiger partial charge in [-0.25, -0.2) is 14.2 Å². The number of amides is 2. The molecule has 0 radical (unpaired) electrons. The third kappa shape index (κ3) is 7.61. The van der Waals surface area contributed by atoms with E-state index < -0.39 is 35.7 Å². The second kappa shape index (κ2) is 12.5. The summed E-state index contributed by atoms with van der Waals surface area (Å²) in [5.74, 6) is -3.06. The maximum Gasteiger partial charge on any atom is 0.326 e. The molecule has 0 aliphatic rings. The van der Waals surface area contributed by atoms with E-state index >= 15 is 0 Å². The van der Waals surface area contributed by atoms with Gasteiger partial charge in [0.05, 0.1) is 12.2 Å². The molecule has 9 nitrogen and oxygen atoms in total. The standard InChI is InChI=1S/C26H28ClFN4O5/c1-14(2)22-13-37-25(32-22)24(34)30-18(11-21(26(35)36)31-23(33)12-29)9-15-3-5-16(6-4-15)19-10-17(27)7-8-20(19)28/h3-8,10,13-14,18,21H,9,11-12,29H2,1-2H3,(H,30,34)(H,31,33)(H,35,36). The van der Waals surface area contributed by atoms with Crippen molar-refractivity contribution in [3.63, 3.8) is 0 Å². The number of hydrogen-bond acceptors (Lipinski definition) is 6. The maximum absolute atomic E-state index is 14.3. The molecular formula is C26H28ClFN4O5. The molecule has 2 aromatic carbocycles. The quantitative estimate of drug-likeness (QED) is 0.296. The summed E-state index contributed by atoms with van der Waals surface area (Å²) in [6, 6.07) is 9.14. The molecule has 0 fully saturated rings. The van der Waals surface area contributed by atoms with Gasteiger partial charge < -0.3 is 25.9 Å². The molecule has 1 heterocycles. The Morgan fingerprint density at radius 2 is 1.84 bits per heavy atom. The average Bonchev–Trinajstić information content (AvgIpc) is 3.36. The lowest BCUT2D eigenvalue weighted by Gasteiger charge is -2.23. The molecule has 2 atom stereocenters. The van der Waals surface area contributed by atoms with Gasteiger partial charge in [-0.15, -0.1) is 0 Å². The summed E-state index contributed by atoms with van der Waals surface area (Å²) >= 11 is 6.00. The summed E-state index contributed by atoms with van der Waals surface area (Å²) in [5, 5.41) is 15.1. The number of halogens is 2. The van der Waals surface area contributed by atoms with E-state index in [1.165, 1.54) is 24.5 Å². The molecule has 1 aromatic heterocycles. The Morgan fingerprint density at radius 3 is 2.43 bits per heavy atom. The van der Waals surface area contributed by atoms with E-state index in [9.17, 15) is 23.9 Å². The molecule has 0 spiro atoms. The molecule has 37 heavy (non-hydrogen) atoms. The summed E-state index contributed by atoms with van der Waals surface area (Å²) in [7, 11) is 0. The van der Waals surface area contributed by atoms with Crippen LogP contribution in [0.1, 0.15) is 48.1 Å². The lowest BCUT2D eigenvalue weighted by atomic mass is 9.96. The Bertz CT molecular complexity index is 1260. The highest BCUT2D eigenvalue weighted by atomic mass is 35.5. The summed E-state index contributed by atoms with van der Waals surface area (Å²) in [6.45, 7) is 3.42. The first-order chi connectivity index (χ1) is 17.6. The number of carbonyl (C=O) groups excluding carboxylic acids is 2. The van der Waals surface area contributed by atoms with Crippen molar-refractivity contribution < 1.29 is 28.3 Å². The van der Waals surface area contributed by atoms with Crippen LogP contribution < -0.4 is 16.4 Å². The Labute approximate surface area is 218 Å². The smallest absolute Gasteiger partial charge is 0.326 e. The van der Waals surface area contributed by atoms with Gasteiger partial charge in [0, 0.05) is 16.6 Å². The van der Waals surface area contributed by atoms with Crippen LogP contribution in [0.15, 0.2) is 53.1 Å². The summed E-state index contributed by atoms with van der Waals surface area (Å²) in [5.41, 5.74) is 7.59. The first-order valence-electron chi connectivity index (χ1n) is 11.6. The third-order valence-corrected chi connectivity index (χ3v) is 5.89.